The number of amides is 2. The molecule has 1 aliphatic carbocycles. The lowest BCUT2D eigenvalue weighted by atomic mass is 9.98. The zero-order valence-corrected chi connectivity index (χ0v) is 15.6. The van der Waals surface area contributed by atoms with Crippen molar-refractivity contribution in [3.8, 4) is 6.07 Å². The molecule has 2 N–H and O–H groups in total. The first kappa shape index (κ1) is 18.4. The van der Waals surface area contributed by atoms with Gasteiger partial charge in [0.15, 0.2) is 0 Å². The van der Waals surface area contributed by atoms with Crippen molar-refractivity contribution in [2.24, 2.45) is 16.8 Å². The summed E-state index contributed by atoms with van der Waals surface area (Å²) in [5, 5.41) is 15.0. The molecule has 3 atom stereocenters. The molecule has 1 saturated carbocycles. The summed E-state index contributed by atoms with van der Waals surface area (Å²) in [6, 6.07) is 2.49. The van der Waals surface area contributed by atoms with Gasteiger partial charge in [-0.1, -0.05) is 12.8 Å². The average molecular weight is 381 g/mol. The van der Waals surface area contributed by atoms with Crippen LogP contribution in [-0.2, 0) is 16.0 Å². The molecule has 3 aliphatic rings. The lowest BCUT2D eigenvalue weighted by Crippen LogP contribution is -2.43. The lowest BCUT2D eigenvalue weighted by Gasteiger charge is -2.22. The highest BCUT2D eigenvalue weighted by molar-refractivity contribution is 5.82. The Balaban J connectivity index is 1.53. The third kappa shape index (κ3) is 3.70. The van der Waals surface area contributed by atoms with Gasteiger partial charge in [-0.05, 0) is 36.8 Å². The predicted octanol–water partition coefficient (Wildman–Crippen LogP) is 0.982. The van der Waals surface area contributed by atoms with Crippen molar-refractivity contribution in [2.45, 2.75) is 50.6 Å². The van der Waals surface area contributed by atoms with Crippen LogP contribution in [0.15, 0.2) is 22.1 Å². The van der Waals surface area contributed by atoms with E-state index in [0.29, 0.717) is 37.4 Å². The SMILES string of the molecule is N#C[C@H](C[C@@H]1CCNC1=O)NC(=O)[C@@H](CC1CC1)n1ccc2c(c1=O)N=CC2. The van der Waals surface area contributed by atoms with Crippen LogP contribution in [-0.4, -0.2) is 35.2 Å². The standard InChI is InChI=1S/C20H23N5O3/c21-11-15(10-14-4-7-23-18(14)26)24-19(27)16(9-12-1-2-12)25-8-5-13-3-6-22-17(13)20(25)28/h5-6,8,12,14-16H,1-4,7,9-10H2,(H,23,26)(H,24,27)/t14-,15-,16+/m0/s1. The Morgan fingerprint density at radius 1 is 1.36 bits per heavy atom. The number of carbonyl (C=O) groups is 2. The van der Waals surface area contributed by atoms with E-state index >= 15 is 0 Å². The molecule has 0 unspecified atom stereocenters. The van der Waals surface area contributed by atoms with Gasteiger partial charge in [0.2, 0.25) is 11.8 Å². The van der Waals surface area contributed by atoms with Crippen molar-refractivity contribution in [1.82, 2.24) is 15.2 Å². The van der Waals surface area contributed by atoms with Gasteiger partial charge in [-0.15, -0.1) is 0 Å². The van der Waals surface area contributed by atoms with Gasteiger partial charge >= 0.3 is 0 Å². The number of hydrogen-bond donors (Lipinski definition) is 2. The van der Waals surface area contributed by atoms with Gasteiger partial charge in [0.25, 0.3) is 5.56 Å². The van der Waals surface area contributed by atoms with Crippen molar-refractivity contribution in [2.75, 3.05) is 6.54 Å². The molecule has 2 amide bonds. The monoisotopic (exact) mass is 381 g/mol. The molecule has 2 fully saturated rings. The van der Waals surface area contributed by atoms with Gasteiger partial charge in [0.1, 0.15) is 17.8 Å². The van der Waals surface area contributed by atoms with E-state index in [4.69, 9.17) is 0 Å². The van der Waals surface area contributed by atoms with Crippen molar-refractivity contribution < 1.29 is 9.59 Å². The van der Waals surface area contributed by atoms with Crippen LogP contribution < -0.4 is 16.2 Å². The molecule has 0 aromatic carbocycles. The number of aliphatic imine (C=N–C) groups is 1. The molecule has 2 aliphatic heterocycles. The van der Waals surface area contributed by atoms with Crippen molar-refractivity contribution in [1.29, 1.82) is 5.26 Å². The Labute approximate surface area is 162 Å². The molecule has 0 spiro atoms. The maximum atomic E-state index is 13.0. The van der Waals surface area contributed by atoms with E-state index in [2.05, 4.69) is 21.7 Å². The summed E-state index contributed by atoms with van der Waals surface area (Å²) in [4.78, 5) is 41.8. The van der Waals surface area contributed by atoms with Crippen LogP contribution in [0.25, 0.3) is 0 Å². The van der Waals surface area contributed by atoms with E-state index in [1.807, 2.05) is 6.07 Å². The first-order valence-corrected chi connectivity index (χ1v) is 9.81. The van der Waals surface area contributed by atoms with Crippen LogP contribution in [0.1, 0.15) is 43.7 Å². The van der Waals surface area contributed by atoms with Gasteiger partial charge < -0.3 is 15.2 Å². The molecule has 1 aromatic heterocycles. The minimum atomic E-state index is -0.758. The predicted molar refractivity (Wildman–Crippen MR) is 102 cm³/mol. The van der Waals surface area contributed by atoms with Crippen molar-refractivity contribution in [3.05, 3.63) is 28.2 Å². The van der Waals surface area contributed by atoms with Gasteiger partial charge in [0, 0.05) is 31.3 Å². The number of pyridine rings is 1. The first-order valence-electron chi connectivity index (χ1n) is 9.81. The molecule has 0 radical (unpaired) electrons. The van der Waals surface area contributed by atoms with Crippen molar-refractivity contribution in [3.63, 3.8) is 0 Å². The number of fused-ring (bicyclic) bond motifs is 1. The molecule has 4 rings (SSSR count). The van der Waals surface area contributed by atoms with Crippen molar-refractivity contribution >= 4 is 23.7 Å². The fraction of sp³-hybridized carbons (Fsp3) is 0.550. The van der Waals surface area contributed by atoms with Gasteiger partial charge in [-0.2, -0.15) is 5.26 Å². The Hall–Kier alpha value is -2.95. The molecule has 8 heteroatoms. The highest BCUT2D eigenvalue weighted by atomic mass is 16.2. The van der Waals surface area contributed by atoms with E-state index in [1.165, 1.54) is 4.57 Å². The molecule has 146 valence electrons. The molecule has 0 bridgehead atoms. The molecule has 1 saturated heterocycles. The summed E-state index contributed by atoms with van der Waals surface area (Å²) in [5.41, 5.74) is 1.00. The Bertz CT molecular complexity index is 925. The average Bonchev–Trinajstić information content (AvgIpc) is 3.21. The van der Waals surface area contributed by atoms with E-state index in [9.17, 15) is 19.6 Å². The third-order valence-electron chi connectivity index (χ3n) is 5.76. The normalized spacial score (nSPS) is 22.2. The Morgan fingerprint density at radius 2 is 2.18 bits per heavy atom. The summed E-state index contributed by atoms with van der Waals surface area (Å²) in [5.74, 6) is -0.262. The van der Waals surface area contributed by atoms with Crippen LogP contribution in [0.5, 0.6) is 0 Å². The number of carbonyl (C=O) groups excluding carboxylic acids is 2. The second kappa shape index (κ2) is 7.58. The van der Waals surface area contributed by atoms with Crippen LogP contribution in [0, 0.1) is 23.2 Å². The lowest BCUT2D eigenvalue weighted by molar-refractivity contribution is -0.126. The highest BCUT2D eigenvalue weighted by Gasteiger charge is 2.34. The fourth-order valence-electron chi connectivity index (χ4n) is 3.94. The Kier molecular flexibility index (Phi) is 4.99. The number of nitriles is 1. The van der Waals surface area contributed by atoms with Crippen LogP contribution >= 0.6 is 0 Å². The molecule has 8 nitrogen and oxygen atoms in total. The smallest absolute Gasteiger partial charge is 0.277 e. The van der Waals surface area contributed by atoms with Crippen LogP contribution in [0.3, 0.4) is 0 Å². The Morgan fingerprint density at radius 3 is 2.86 bits per heavy atom. The van der Waals surface area contributed by atoms with E-state index in [0.717, 1.165) is 18.4 Å². The largest absolute Gasteiger partial charge is 0.356 e. The maximum Gasteiger partial charge on any atom is 0.277 e. The van der Waals surface area contributed by atoms with Crippen LogP contribution in [0.2, 0.25) is 0 Å². The second-order valence-electron chi connectivity index (χ2n) is 7.82. The molecule has 3 heterocycles. The summed E-state index contributed by atoms with van der Waals surface area (Å²) in [7, 11) is 0. The molecule has 1 aromatic rings. The highest BCUT2D eigenvalue weighted by Crippen LogP contribution is 2.37. The van der Waals surface area contributed by atoms with Gasteiger partial charge in [-0.3, -0.25) is 19.4 Å². The number of nitrogens with zero attached hydrogens (tertiary/aromatic N) is 3. The molecular formula is C20H23N5O3. The third-order valence-corrected chi connectivity index (χ3v) is 5.76. The van der Waals surface area contributed by atoms with E-state index in [-0.39, 0.29) is 29.7 Å². The minimum absolute atomic E-state index is 0.0725. The summed E-state index contributed by atoms with van der Waals surface area (Å²) >= 11 is 0. The minimum Gasteiger partial charge on any atom is -0.356 e. The van der Waals surface area contributed by atoms with E-state index in [1.54, 1.807) is 12.4 Å². The number of nitrogens with one attached hydrogen (secondary N) is 2. The second-order valence-corrected chi connectivity index (χ2v) is 7.82. The summed E-state index contributed by atoms with van der Waals surface area (Å²) < 4.78 is 1.45. The zero-order valence-electron chi connectivity index (χ0n) is 15.6. The topological polar surface area (TPSA) is 116 Å². The quantitative estimate of drug-likeness (QED) is 0.732. The summed E-state index contributed by atoms with van der Waals surface area (Å²) in [6.45, 7) is 0.602. The maximum absolute atomic E-state index is 13.0. The van der Waals surface area contributed by atoms with Gasteiger partial charge in [0.05, 0.1) is 6.07 Å². The van der Waals surface area contributed by atoms with Crippen LogP contribution in [0.4, 0.5) is 5.69 Å². The van der Waals surface area contributed by atoms with Gasteiger partial charge in [-0.25, -0.2) is 0 Å². The molecule has 28 heavy (non-hydrogen) atoms. The fourth-order valence-corrected chi connectivity index (χ4v) is 3.94. The zero-order chi connectivity index (χ0) is 19.7. The van der Waals surface area contributed by atoms with E-state index < -0.39 is 12.1 Å². The molecular weight excluding hydrogens is 358 g/mol. The number of rotatable bonds is 7. The first-order chi connectivity index (χ1) is 13.6. The number of hydrogen-bond acceptors (Lipinski definition) is 5. The number of aromatic nitrogens is 1. The summed E-state index contributed by atoms with van der Waals surface area (Å²) in [6.07, 6.45) is 7.60.